The van der Waals surface area contributed by atoms with Crippen LogP contribution in [0.15, 0.2) is 58.7 Å². The number of sulfonamides is 1. The van der Waals surface area contributed by atoms with Gasteiger partial charge in [-0.1, -0.05) is 18.2 Å². The van der Waals surface area contributed by atoms with Crippen LogP contribution in [0.4, 0.5) is 4.39 Å². The summed E-state index contributed by atoms with van der Waals surface area (Å²) in [5, 5.41) is 5.03. The van der Waals surface area contributed by atoms with Gasteiger partial charge in [-0.25, -0.2) is 17.9 Å². The number of benzene rings is 1. The van der Waals surface area contributed by atoms with Crippen molar-refractivity contribution in [3.63, 3.8) is 0 Å². The summed E-state index contributed by atoms with van der Waals surface area (Å²) in [4.78, 5) is 8.00. The molecule has 0 spiro atoms. The van der Waals surface area contributed by atoms with Crippen LogP contribution in [0.1, 0.15) is 16.7 Å². The van der Waals surface area contributed by atoms with Crippen molar-refractivity contribution in [3.05, 3.63) is 71.3 Å². The average molecular weight is 345 g/mol. The molecule has 0 aliphatic carbocycles. The first kappa shape index (κ1) is 16.5. The molecule has 1 aliphatic heterocycles. The highest BCUT2D eigenvalue weighted by Gasteiger charge is 2.34. The first-order valence-electron chi connectivity index (χ1n) is 7.25. The van der Waals surface area contributed by atoms with Gasteiger partial charge >= 0.3 is 0 Å². The molecule has 0 fully saturated rings. The second-order valence-electron chi connectivity index (χ2n) is 5.76. The van der Waals surface area contributed by atoms with Crippen LogP contribution in [0.25, 0.3) is 0 Å². The molecule has 0 saturated carbocycles. The molecule has 0 amide bonds. The Morgan fingerprint density at radius 1 is 1.21 bits per heavy atom. The van der Waals surface area contributed by atoms with E-state index in [1.165, 1.54) is 12.1 Å². The van der Waals surface area contributed by atoms with E-state index in [1.54, 1.807) is 30.8 Å². The Bertz CT molecular complexity index is 954. The normalized spacial score (nSPS) is 20.3. The first-order chi connectivity index (χ1) is 11.3. The van der Waals surface area contributed by atoms with E-state index in [2.05, 4.69) is 9.98 Å². The Balaban J connectivity index is 2.20. The number of aromatic nitrogens is 1. The largest absolute Gasteiger partial charge is 0.292 e. The van der Waals surface area contributed by atoms with Gasteiger partial charge in [0, 0.05) is 18.6 Å². The number of pyridine rings is 1. The maximum absolute atomic E-state index is 14.3. The van der Waals surface area contributed by atoms with Gasteiger partial charge in [-0.2, -0.15) is 0 Å². The summed E-state index contributed by atoms with van der Waals surface area (Å²) in [6.45, 7) is 2.30. The molecule has 24 heavy (non-hydrogen) atoms. The number of hydrogen-bond acceptors (Lipinski definition) is 4. The first-order valence-corrected chi connectivity index (χ1v) is 8.80. The van der Waals surface area contributed by atoms with E-state index in [1.807, 2.05) is 19.1 Å². The number of nitrogens with zero attached hydrogens (tertiary/aromatic N) is 2. The fraction of sp³-hybridized carbons (Fsp3) is 0.176. The van der Waals surface area contributed by atoms with Crippen LogP contribution in [0.2, 0.25) is 0 Å². The van der Waals surface area contributed by atoms with Crippen LogP contribution < -0.4 is 5.14 Å². The van der Waals surface area contributed by atoms with Gasteiger partial charge in [-0.15, -0.1) is 0 Å². The number of hydrogen-bond donors (Lipinski definition) is 1. The summed E-state index contributed by atoms with van der Waals surface area (Å²) in [6.07, 6.45) is 8.83. The third kappa shape index (κ3) is 2.88. The van der Waals surface area contributed by atoms with Gasteiger partial charge in [-0.05, 0) is 41.8 Å². The molecule has 1 atom stereocenters. The molecule has 1 aromatic carbocycles. The summed E-state index contributed by atoms with van der Waals surface area (Å²) in [5.74, 6) is -0.877. The van der Waals surface area contributed by atoms with E-state index < -0.39 is 26.2 Å². The Labute approximate surface area is 139 Å². The predicted octanol–water partition coefficient (Wildman–Crippen LogP) is 2.10. The van der Waals surface area contributed by atoms with E-state index in [0.29, 0.717) is 12.1 Å². The molecule has 1 unspecified atom stereocenters. The lowest BCUT2D eigenvalue weighted by Gasteiger charge is -2.32. The molecular formula is C17H16FN3O2S. The van der Waals surface area contributed by atoms with E-state index in [4.69, 9.17) is 5.14 Å². The van der Waals surface area contributed by atoms with Crippen molar-refractivity contribution in [2.24, 2.45) is 10.1 Å². The van der Waals surface area contributed by atoms with Crippen molar-refractivity contribution in [2.45, 2.75) is 17.2 Å². The van der Waals surface area contributed by atoms with E-state index in [9.17, 15) is 12.8 Å². The minimum Gasteiger partial charge on any atom is -0.292 e. The Kier molecular flexibility index (Phi) is 4.06. The van der Waals surface area contributed by atoms with Crippen molar-refractivity contribution in [3.8, 4) is 0 Å². The molecular weight excluding hydrogens is 329 g/mol. The zero-order chi connectivity index (χ0) is 17.4. The van der Waals surface area contributed by atoms with Gasteiger partial charge in [0.15, 0.2) is 0 Å². The number of aliphatic imine (C=N–C) groups is 1. The third-order valence-corrected chi connectivity index (χ3v) is 5.00. The van der Waals surface area contributed by atoms with Crippen molar-refractivity contribution >= 4 is 16.2 Å². The Hall–Kier alpha value is -2.38. The van der Waals surface area contributed by atoms with Crippen LogP contribution in [-0.2, 0) is 15.4 Å². The Morgan fingerprint density at radius 2 is 2.00 bits per heavy atom. The van der Waals surface area contributed by atoms with Crippen molar-refractivity contribution < 1.29 is 12.8 Å². The molecule has 3 rings (SSSR count). The second kappa shape index (κ2) is 5.92. The van der Waals surface area contributed by atoms with Gasteiger partial charge in [0.25, 0.3) is 0 Å². The topological polar surface area (TPSA) is 85.4 Å². The summed E-state index contributed by atoms with van der Waals surface area (Å²) in [6, 6.07) is 5.92. The fourth-order valence-corrected chi connectivity index (χ4v) is 3.46. The highest BCUT2D eigenvalue weighted by atomic mass is 32.2. The molecule has 2 N–H and O–H groups in total. The van der Waals surface area contributed by atoms with Crippen molar-refractivity contribution in [1.82, 2.24) is 4.98 Å². The lowest BCUT2D eigenvalue weighted by Crippen LogP contribution is -2.31. The minimum absolute atomic E-state index is 0.378. The molecule has 1 aromatic heterocycles. The minimum atomic E-state index is -4.11. The van der Waals surface area contributed by atoms with Crippen molar-refractivity contribution in [1.29, 1.82) is 0 Å². The van der Waals surface area contributed by atoms with Gasteiger partial charge in [0.2, 0.25) is 10.0 Å². The summed E-state index contributed by atoms with van der Waals surface area (Å²) in [7, 11) is -4.11. The summed E-state index contributed by atoms with van der Waals surface area (Å²) >= 11 is 0. The van der Waals surface area contributed by atoms with Crippen LogP contribution in [0, 0.1) is 12.7 Å². The highest BCUT2D eigenvalue weighted by Crippen LogP contribution is 2.36. The molecule has 0 radical (unpaired) electrons. The molecule has 7 heteroatoms. The van der Waals surface area contributed by atoms with Crippen LogP contribution in [-0.4, -0.2) is 26.2 Å². The van der Waals surface area contributed by atoms with Crippen LogP contribution >= 0.6 is 0 Å². The molecule has 2 heterocycles. The Morgan fingerprint density at radius 3 is 2.58 bits per heavy atom. The van der Waals surface area contributed by atoms with Crippen LogP contribution in [0.3, 0.4) is 0 Å². The molecule has 2 aromatic rings. The smallest absolute Gasteiger partial charge is 0.240 e. The van der Waals surface area contributed by atoms with Crippen molar-refractivity contribution in [2.75, 3.05) is 6.54 Å². The van der Waals surface area contributed by atoms with E-state index >= 15 is 0 Å². The lowest BCUT2D eigenvalue weighted by atomic mass is 9.74. The maximum atomic E-state index is 14.3. The zero-order valence-electron chi connectivity index (χ0n) is 13.0. The van der Waals surface area contributed by atoms with Gasteiger partial charge in [0.05, 0.1) is 12.0 Å². The predicted molar refractivity (Wildman–Crippen MR) is 90.0 cm³/mol. The van der Waals surface area contributed by atoms with Gasteiger partial charge in [-0.3, -0.25) is 9.98 Å². The number of allylic oxidation sites excluding steroid dienone is 1. The number of dihydropyridines is 1. The number of nitrogens with two attached hydrogens (primary N) is 1. The van der Waals surface area contributed by atoms with Crippen LogP contribution in [0.5, 0.6) is 0 Å². The van der Waals surface area contributed by atoms with E-state index in [-0.39, 0.29) is 0 Å². The zero-order valence-corrected chi connectivity index (χ0v) is 13.8. The number of primary sulfonamides is 1. The van der Waals surface area contributed by atoms with Gasteiger partial charge in [0.1, 0.15) is 10.7 Å². The van der Waals surface area contributed by atoms with Gasteiger partial charge < -0.3 is 0 Å². The fourth-order valence-electron chi connectivity index (χ4n) is 2.87. The molecule has 124 valence electrons. The second-order valence-corrected chi connectivity index (χ2v) is 7.29. The quantitative estimate of drug-likeness (QED) is 0.924. The summed E-state index contributed by atoms with van der Waals surface area (Å²) < 4.78 is 37.2. The maximum Gasteiger partial charge on any atom is 0.240 e. The molecule has 0 saturated heterocycles. The third-order valence-electron chi connectivity index (χ3n) is 4.06. The standard InChI is InChI=1S/C17H16FN3O2S/c1-12-7-14(10-21-9-12)17(5-2-6-20-11-17)13-3-4-16(15(18)8-13)24(19,22)23/h2-10H,11H2,1H3,(H2,19,22,23). The SMILES string of the molecule is Cc1cncc(C2(c3ccc(S(N)(=O)=O)c(F)c3)C=CC=NC2)c1. The summed E-state index contributed by atoms with van der Waals surface area (Å²) in [5.41, 5.74) is 1.72. The monoisotopic (exact) mass is 345 g/mol. The number of aryl methyl sites for hydroxylation is 1. The number of halogens is 1. The highest BCUT2D eigenvalue weighted by molar-refractivity contribution is 7.89. The van der Waals surface area contributed by atoms with E-state index in [0.717, 1.165) is 11.1 Å². The average Bonchev–Trinajstić information content (AvgIpc) is 2.54. The molecule has 5 nitrogen and oxygen atoms in total. The number of rotatable bonds is 3. The lowest BCUT2D eigenvalue weighted by molar-refractivity contribution is 0.561. The molecule has 0 bridgehead atoms. The molecule has 1 aliphatic rings.